The van der Waals surface area contributed by atoms with E-state index >= 15 is 0 Å². The number of hydrogen-bond acceptors (Lipinski definition) is 2. The molecule has 0 amide bonds. The van der Waals surface area contributed by atoms with Crippen LogP contribution in [-0.2, 0) is 0 Å². The van der Waals surface area contributed by atoms with Crippen molar-refractivity contribution in [3.05, 3.63) is 34.9 Å². The molecule has 1 aromatic rings. The molecule has 0 aromatic heterocycles. The largest absolute Gasteiger partial charge is 0.401 e. The molecule has 0 aliphatic heterocycles. The van der Waals surface area contributed by atoms with Gasteiger partial charge in [0.1, 0.15) is 0 Å². The smallest absolute Gasteiger partial charge is 0.329 e. The second-order valence-corrected chi connectivity index (χ2v) is 4.21. The fourth-order valence-electron chi connectivity index (χ4n) is 1.68. The maximum Gasteiger partial charge on any atom is 0.401 e. The molecule has 0 saturated heterocycles. The van der Waals surface area contributed by atoms with Crippen molar-refractivity contribution < 1.29 is 13.2 Å². The molecule has 2 nitrogen and oxygen atoms in total. The third kappa shape index (κ3) is 4.18. The Morgan fingerprint density at radius 1 is 1.35 bits per heavy atom. The van der Waals surface area contributed by atoms with Gasteiger partial charge in [0.15, 0.2) is 0 Å². The first-order valence-corrected chi connectivity index (χ1v) is 5.44. The van der Waals surface area contributed by atoms with E-state index < -0.39 is 18.8 Å². The van der Waals surface area contributed by atoms with Gasteiger partial charge in [-0.25, -0.2) is 0 Å². The van der Waals surface area contributed by atoms with E-state index in [0.717, 1.165) is 4.90 Å². The molecule has 0 aliphatic rings. The molecule has 0 spiro atoms. The van der Waals surface area contributed by atoms with Gasteiger partial charge in [0.05, 0.1) is 6.54 Å². The highest BCUT2D eigenvalue weighted by atomic mass is 35.5. The lowest BCUT2D eigenvalue weighted by molar-refractivity contribution is -0.147. The highest BCUT2D eigenvalue weighted by Gasteiger charge is 2.32. The number of likely N-dealkylation sites (N-methyl/N-ethyl adjacent to an activating group) is 1. The Kier molecular flexibility index (Phi) is 4.80. The number of nitrogens with two attached hydrogens (primary N) is 1. The Morgan fingerprint density at radius 2 is 1.94 bits per heavy atom. The summed E-state index contributed by atoms with van der Waals surface area (Å²) in [6.07, 6.45) is -4.25. The van der Waals surface area contributed by atoms with E-state index in [1.807, 2.05) is 0 Å². The third-order valence-corrected chi connectivity index (χ3v) is 2.79. The predicted octanol–water partition coefficient (Wildman–Crippen LogP) is 2.83. The lowest BCUT2D eigenvalue weighted by Gasteiger charge is -2.28. The second kappa shape index (κ2) is 5.71. The molecule has 1 rings (SSSR count). The van der Waals surface area contributed by atoms with Crippen molar-refractivity contribution >= 4 is 11.6 Å². The van der Waals surface area contributed by atoms with Gasteiger partial charge in [-0.1, -0.05) is 29.8 Å². The van der Waals surface area contributed by atoms with Crippen LogP contribution in [0, 0.1) is 0 Å². The van der Waals surface area contributed by atoms with Gasteiger partial charge in [-0.05, 0) is 18.7 Å². The van der Waals surface area contributed by atoms with E-state index in [4.69, 9.17) is 17.3 Å². The molecular weight excluding hydrogens is 253 g/mol. The van der Waals surface area contributed by atoms with Crippen LogP contribution in [0.25, 0.3) is 0 Å². The minimum absolute atomic E-state index is 0.0797. The average Bonchev–Trinajstić information content (AvgIpc) is 2.19. The topological polar surface area (TPSA) is 29.3 Å². The zero-order valence-corrected chi connectivity index (χ0v) is 10.1. The van der Waals surface area contributed by atoms with E-state index in [2.05, 4.69) is 0 Å². The lowest BCUT2D eigenvalue weighted by atomic mass is 10.1. The van der Waals surface area contributed by atoms with Crippen molar-refractivity contribution in [3.8, 4) is 0 Å². The first kappa shape index (κ1) is 14.3. The third-order valence-electron chi connectivity index (χ3n) is 2.45. The molecule has 96 valence electrons. The summed E-state index contributed by atoms with van der Waals surface area (Å²) >= 11 is 5.95. The van der Waals surface area contributed by atoms with E-state index in [9.17, 15) is 13.2 Å². The van der Waals surface area contributed by atoms with Gasteiger partial charge >= 0.3 is 6.18 Å². The molecule has 2 N–H and O–H groups in total. The van der Waals surface area contributed by atoms with Gasteiger partial charge in [-0.3, -0.25) is 4.90 Å². The van der Waals surface area contributed by atoms with Crippen LogP contribution in [0.15, 0.2) is 24.3 Å². The van der Waals surface area contributed by atoms with Crippen LogP contribution in [0.4, 0.5) is 13.2 Å². The summed E-state index contributed by atoms with van der Waals surface area (Å²) in [6.45, 7) is -0.934. The summed E-state index contributed by atoms with van der Waals surface area (Å²) < 4.78 is 36.9. The molecular formula is C11H14ClF3N2. The fourth-order valence-corrected chi connectivity index (χ4v) is 1.94. The number of rotatable bonds is 4. The molecule has 0 radical (unpaired) electrons. The molecule has 0 fully saturated rings. The van der Waals surface area contributed by atoms with Gasteiger partial charge in [0, 0.05) is 17.6 Å². The average molecular weight is 267 g/mol. The molecule has 0 heterocycles. The molecule has 1 aromatic carbocycles. The molecule has 0 saturated carbocycles. The maximum absolute atomic E-state index is 12.3. The number of benzene rings is 1. The van der Waals surface area contributed by atoms with Crippen molar-refractivity contribution in [3.63, 3.8) is 0 Å². The van der Waals surface area contributed by atoms with Crippen LogP contribution >= 0.6 is 11.6 Å². The Balaban J connectivity index is 2.89. The normalized spacial score (nSPS) is 14.1. The number of halogens is 4. The van der Waals surface area contributed by atoms with Crippen molar-refractivity contribution in [2.75, 3.05) is 20.1 Å². The summed E-state index contributed by atoms with van der Waals surface area (Å²) in [5, 5.41) is 0.428. The summed E-state index contributed by atoms with van der Waals surface area (Å²) in [7, 11) is 1.38. The summed E-state index contributed by atoms with van der Waals surface area (Å²) in [4.78, 5) is 1.15. The zero-order chi connectivity index (χ0) is 13.1. The highest BCUT2D eigenvalue weighted by Crippen LogP contribution is 2.28. The van der Waals surface area contributed by atoms with Gasteiger partial charge < -0.3 is 5.73 Å². The summed E-state index contributed by atoms with van der Waals surface area (Å²) in [5.74, 6) is 0. The van der Waals surface area contributed by atoms with E-state index in [1.165, 1.54) is 7.05 Å². The number of hydrogen-bond donors (Lipinski definition) is 1. The first-order valence-electron chi connectivity index (χ1n) is 5.06. The number of alkyl halides is 3. The van der Waals surface area contributed by atoms with Gasteiger partial charge in [0.25, 0.3) is 0 Å². The van der Waals surface area contributed by atoms with Crippen LogP contribution in [0.3, 0.4) is 0 Å². The molecule has 6 heteroatoms. The van der Waals surface area contributed by atoms with Crippen LogP contribution in [0.2, 0.25) is 5.02 Å². The van der Waals surface area contributed by atoms with Crippen molar-refractivity contribution in [2.24, 2.45) is 5.73 Å². The molecule has 0 aliphatic carbocycles. The monoisotopic (exact) mass is 266 g/mol. The Hall–Kier alpha value is -0.780. The van der Waals surface area contributed by atoms with Crippen molar-refractivity contribution in [1.82, 2.24) is 4.90 Å². The van der Waals surface area contributed by atoms with Crippen molar-refractivity contribution in [1.29, 1.82) is 0 Å². The predicted molar refractivity (Wildman–Crippen MR) is 61.9 cm³/mol. The lowest BCUT2D eigenvalue weighted by Crippen LogP contribution is -2.37. The van der Waals surface area contributed by atoms with Crippen molar-refractivity contribution in [2.45, 2.75) is 12.2 Å². The van der Waals surface area contributed by atoms with E-state index in [1.54, 1.807) is 24.3 Å². The van der Waals surface area contributed by atoms with E-state index in [-0.39, 0.29) is 6.54 Å². The second-order valence-electron chi connectivity index (χ2n) is 3.80. The van der Waals surface area contributed by atoms with Gasteiger partial charge in [0.2, 0.25) is 0 Å². The minimum atomic E-state index is -4.25. The first-order chi connectivity index (χ1) is 7.85. The molecule has 0 bridgehead atoms. The van der Waals surface area contributed by atoms with Gasteiger partial charge in [-0.15, -0.1) is 0 Å². The van der Waals surface area contributed by atoms with E-state index in [0.29, 0.717) is 10.6 Å². The molecule has 17 heavy (non-hydrogen) atoms. The molecule has 1 atom stereocenters. The summed E-state index contributed by atoms with van der Waals surface area (Å²) in [5.41, 5.74) is 6.14. The van der Waals surface area contributed by atoms with Gasteiger partial charge in [-0.2, -0.15) is 13.2 Å². The quantitative estimate of drug-likeness (QED) is 0.908. The summed E-state index contributed by atoms with van der Waals surface area (Å²) in [6, 6.07) is 6.24. The molecule has 1 unspecified atom stereocenters. The maximum atomic E-state index is 12.3. The van der Waals surface area contributed by atoms with Crippen LogP contribution in [-0.4, -0.2) is 31.2 Å². The minimum Gasteiger partial charge on any atom is -0.329 e. The highest BCUT2D eigenvalue weighted by molar-refractivity contribution is 6.31. The van der Waals surface area contributed by atoms with Crippen LogP contribution in [0.5, 0.6) is 0 Å². The zero-order valence-electron chi connectivity index (χ0n) is 9.34. The van der Waals surface area contributed by atoms with Crippen LogP contribution in [0.1, 0.15) is 11.6 Å². The Bertz CT molecular complexity index is 368. The fraction of sp³-hybridized carbons (Fsp3) is 0.455. The Morgan fingerprint density at radius 3 is 2.41 bits per heavy atom. The number of nitrogens with zero attached hydrogens (tertiary/aromatic N) is 1. The standard InChI is InChI=1S/C11H14ClF3N2/c1-17(7-11(13,14)15)10(6-16)8-4-2-3-5-9(8)12/h2-5,10H,6-7,16H2,1H3. The Labute approximate surface area is 103 Å². The van der Waals surface area contributed by atoms with Crippen LogP contribution < -0.4 is 5.73 Å². The SMILES string of the molecule is CN(CC(F)(F)F)C(CN)c1ccccc1Cl.